The molecule has 168 valence electrons. The van der Waals surface area contributed by atoms with Gasteiger partial charge in [-0.25, -0.2) is 4.99 Å². The number of amides is 1. The number of carbonyl (C=O) groups excluding carboxylic acids is 1. The van der Waals surface area contributed by atoms with Gasteiger partial charge in [-0.15, -0.1) is 0 Å². The summed E-state index contributed by atoms with van der Waals surface area (Å²) in [5.74, 6) is 1.30. The summed E-state index contributed by atoms with van der Waals surface area (Å²) < 4.78 is 11.3. The molecular formula is C28H22N2O3S. The molecule has 34 heavy (non-hydrogen) atoms. The molecule has 1 saturated heterocycles. The molecule has 0 atom stereocenters. The zero-order valence-corrected chi connectivity index (χ0v) is 19.3. The second-order valence-electron chi connectivity index (χ2n) is 7.69. The van der Waals surface area contributed by atoms with Crippen molar-refractivity contribution in [2.75, 3.05) is 7.11 Å². The molecule has 0 aliphatic carbocycles. The van der Waals surface area contributed by atoms with Gasteiger partial charge in [0.2, 0.25) is 0 Å². The summed E-state index contributed by atoms with van der Waals surface area (Å²) in [6.45, 7) is 0.439. The Hall–Kier alpha value is -4.03. The molecule has 0 saturated carbocycles. The third kappa shape index (κ3) is 4.97. The van der Waals surface area contributed by atoms with Crippen molar-refractivity contribution in [3.05, 3.63) is 107 Å². The zero-order valence-electron chi connectivity index (χ0n) is 18.5. The fourth-order valence-corrected chi connectivity index (χ4v) is 4.45. The summed E-state index contributed by atoms with van der Waals surface area (Å²) >= 11 is 1.31. The standard InChI is InChI=1S/C28H22N2O3S/c1-32-24-14-12-23(13-15-24)29-28-30-27(31)26(34-28)17-22-8-4-5-9-25(22)33-18-19-10-11-20-6-2-3-7-21(20)16-19/h2-17H,18H2,1H3,(H,29,30,31)/b26-17+. The number of hydrogen-bond donors (Lipinski definition) is 1. The van der Waals surface area contributed by atoms with E-state index in [-0.39, 0.29) is 5.91 Å². The number of amidine groups is 1. The maximum Gasteiger partial charge on any atom is 0.264 e. The van der Waals surface area contributed by atoms with Crippen LogP contribution in [-0.4, -0.2) is 18.2 Å². The van der Waals surface area contributed by atoms with Crippen LogP contribution in [0.4, 0.5) is 5.69 Å². The van der Waals surface area contributed by atoms with Gasteiger partial charge in [0.15, 0.2) is 5.17 Å². The van der Waals surface area contributed by atoms with Crippen molar-refractivity contribution in [2.24, 2.45) is 4.99 Å². The number of aliphatic imine (C=N–C) groups is 1. The largest absolute Gasteiger partial charge is 0.497 e. The fraction of sp³-hybridized carbons (Fsp3) is 0.0714. The van der Waals surface area contributed by atoms with Gasteiger partial charge >= 0.3 is 0 Å². The van der Waals surface area contributed by atoms with Gasteiger partial charge in [0.1, 0.15) is 18.1 Å². The van der Waals surface area contributed by atoms with Crippen molar-refractivity contribution in [3.63, 3.8) is 0 Å². The fourth-order valence-electron chi connectivity index (χ4n) is 3.62. The van der Waals surface area contributed by atoms with Crippen molar-refractivity contribution < 1.29 is 14.3 Å². The predicted molar refractivity (Wildman–Crippen MR) is 139 cm³/mol. The number of methoxy groups -OCH3 is 1. The Labute approximate surface area is 202 Å². The minimum Gasteiger partial charge on any atom is -0.497 e. The topological polar surface area (TPSA) is 59.9 Å². The average molecular weight is 467 g/mol. The van der Waals surface area contributed by atoms with Crippen LogP contribution in [0, 0.1) is 0 Å². The maximum atomic E-state index is 12.6. The average Bonchev–Trinajstić information content (AvgIpc) is 3.22. The van der Waals surface area contributed by atoms with Crippen molar-refractivity contribution in [2.45, 2.75) is 6.61 Å². The number of rotatable bonds is 6. The molecular weight excluding hydrogens is 444 g/mol. The minimum atomic E-state index is -0.179. The molecule has 5 nitrogen and oxygen atoms in total. The first kappa shape index (κ1) is 21.8. The summed E-state index contributed by atoms with van der Waals surface area (Å²) in [5, 5.41) is 5.75. The Bertz CT molecular complexity index is 1410. The van der Waals surface area contributed by atoms with Crippen LogP contribution in [0.1, 0.15) is 11.1 Å². The highest BCUT2D eigenvalue weighted by Gasteiger charge is 2.24. The summed E-state index contributed by atoms with van der Waals surface area (Å²) in [6.07, 6.45) is 1.84. The number of thioether (sulfide) groups is 1. The molecule has 0 unspecified atom stereocenters. The van der Waals surface area contributed by atoms with Crippen molar-refractivity contribution >= 4 is 45.4 Å². The molecule has 0 aromatic heterocycles. The van der Waals surface area contributed by atoms with Crippen molar-refractivity contribution in [1.29, 1.82) is 0 Å². The quantitative estimate of drug-likeness (QED) is 0.338. The SMILES string of the molecule is COc1ccc(N=C2NC(=O)/C(=C\c3ccccc3OCc3ccc4ccccc4c3)S2)cc1. The first-order valence-electron chi connectivity index (χ1n) is 10.8. The van der Waals surface area contributed by atoms with Crippen LogP contribution < -0.4 is 14.8 Å². The van der Waals surface area contributed by atoms with Gasteiger partial charge in [-0.05, 0) is 70.6 Å². The molecule has 1 N–H and O–H groups in total. The third-order valence-electron chi connectivity index (χ3n) is 5.37. The van der Waals surface area contributed by atoms with Crippen LogP contribution in [0.15, 0.2) is 101 Å². The molecule has 1 amide bonds. The van der Waals surface area contributed by atoms with Gasteiger partial charge < -0.3 is 14.8 Å². The van der Waals surface area contributed by atoms with Gasteiger partial charge in [0.25, 0.3) is 5.91 Å². The normalized spacial score (nSPS) is 15.6. The Morgan fingerprint density at radius 1 is 0.912 bits per heavy atom. The Morgan fingerprint density at radius 2 is 1.68 bits per heavy atom. The lowest BCUT2D eigenvalue weighted by atomic mass is 10.1. The second kappa shape index (κ2) is 9.85. The van der Waals surface area contributed by atoms with E-state index in [1.54, 1.807) is 7.11 Å². The van der Waals surface area contributed by atoms with Gasteiger partial charge in [-0.1, -0.05) is 54.6 Å². The van der Waals surface area contributed by atoms with Gasteiger partial charge in [0.05, 0.1) is 17.7 Å². The van der Waals surface area contributed by atoms with Crippen molar-refractivity contribution in [3.8, 4) is 11.5 Å². The molecule has 4 aromatic carbocycles. The molecule has 5 rings (SSSR count). The van der Waals surface area contributed by atoms with Crippen LogP contribution in [0.3, 0.4) is 0 Å². The smallest absolute Gasteiger partial charge is 0.264 e. The van der Waals surface area contributed by atoms with E-state index < -0.39 is 0 Å². The van der Waals surface area contributed by atoms with Gasteiger partial charge in [-0.2, -0.15) is 0 Å². The van der Waals surface area contributed by atoms with Crippen LogP contribution in [0.5, 0.6) is 11.5 Å². The Kier molecular flexibility index (Phi) is 6.31. The number of para-hydroxylation sites is 1. The van der Waals surface area contributed by atoms with E-state index in [0.29, 0.717) is 16.7 Å². The first-order valence-corrected chi connectivity index (χ1v) is 11.6. The minimum absolute atomic E-state index is 0.179. The van der Waals surface area contributed by atoms with Crippen molar-refractivity contribution in [1.82, 2.24) is 5.32 Å². The van der Waals surface area contributed by atoms with E-state index in [1.165, 1.54) is 22.5 Å². The van der Waals surface area contributed by atoms with Crippen LogP contribution >= 0.6 is 11.8 Å². The highest BCUT2D eigenvalue weighted by atomic mass is 32.2. The predicted octanol–water partition coefficient (Wildman–Crippen LogP) is 6.32. The molecule has 1 aliphatic rings. The first-order chi connectivity index (χ1) is 16.7. The molecule has 4 aromatic rings. The molecule has 6 heteroatoms. The van der Waals surface area contributed by atoms with Gasteiger partial charge in [-0.3, -0.25) is 4.79 Å². The van der Waals surface area contributed by atoms with E-state index in [2.05, 4.69) is 40.6 Å². The molecule has 1 fully saturated rings. The second-order valence-corrected chi connectivity index (χ2v) is 8.72. The zero-order chi connectivity index (χ0) is 23.3. The molecule has 0 radical (unpaired) electrons. The lowest BCUT2D eigenvalue weighted by Gasteiger charge is -2.10. The summed E-state index contributed by atoms with van der Waals surface area (Å²) in [5.41, 5.74) is 2.67. The van der Waals surface area contributed by atoms with E-state index in [1.807, 2.05) is 66.7 Å². The molecule has 0 spiro atoms. The number of nitrogens with one attached hydrogen (secondary N) is 1. The highest BCUT2D eigenvalue weighted by Crippen LogP contribution is 2.31. The number of ether oxygens (including phenoxy) is 2. The summed E-state index contributed by atoms with van der Waals surface area (Å²) in [4.78, 5) is 17.6. The van der Waals surface area contributed by atoms with E-state index in [9.17, 15) is 4.79 Å². The highest BCUT2D eigenvalue weighted by molar-refractivity contribution is 8.18. The van der Waals surface area contributed by atoms with E-state index in [0.717, 1.165) is 28.3 Å². The summed E-state index contributed by atoms with van der Waals surface area (Å²) in [7, 11) is 1.62. The lowest BCUT2D eigenvalue weighted by Crippen LogP contribution is -2.19. The third-order valence-corrected chi connectivity index (χ3v) is 6.28. The van der Waals surface area contributed by atoms with Crippen LogP contribution in [-0.2, 0) is 11.4 Å². The molecule has 1 heterocycles. The number of hydrogen-bond acceptors (Lipinski definition) is 5. The van der Waals surface area contributed by atoms with Crippen LogP contribution in [0.25, 0.3) is 16.8 Å². The lowest BCUT2D eigenvalue weighted by molar-refractivity contribution is -0.115. The molecule has 0 bridgehead atoms. The number of nitrogens with zero attached hydrogens (tertiary/aromatic N) is 1. The van der Waals surface area contributed by atoms with E-state index >= 15 is 0 Å². The Morgan fingerprint density at radius 3 is 2.50 bits per heavy atom. The van der Waals surface area contributed by atoms with E-state index in [4.69, 9.17) is 9.47 Å². The maximum absolute atomic E-state index is 12.6. The number of benzene rings is 4. The molecule has 1 aliphatic heterocycles. The number of carbonyl (C=O) groups is 1. The Balaban J connectivity index is 1.32. The summed E-state index contributed by atoms with van der Waals surface area (Å²) in [6, 6.07) is 29.6. The monoisotopic (exact) mass is 466 g/mol. The van der Waals surface area contributed by atoms with Gasteiger partial charge in [0, 0.05) is 5.56 Å². The number of fused-ring (bicyclic) bond motifs is 1. The van der Waals surface area contributed by atoms with Crippen LogP contribution in [0.2, 0.25) is 0 Å².